The summed E-state index contributed by atoms with van der Waals surface area (Å²) in [4.78, 5) is 17.0. The molecule has 0 aliphatic carbocycles. The van der Waals surface area contributed by atoms with Crippen molar-refractivity contribution in [3.05, 3.63) is 72.8 Å². The van der Waals surface area contributed by atoms with Crippen LogP contribution in [0.3, 0.4) is 0 Å². The summed E-state index contributed by atoms with van der Waals surface area (Å²) in [5, 5.41) is 0.767. The van der Waals surface area contributed by atoms with Crippen molar-refractivity contribution >= 4 is 16.9 Å². The van der Waals surface area contributed by atoms with Crippen molar-refractivity contribution in [2.75, 3.05) is 13.7 Å². The first kappa shape index (κ1) is 15.7. The van der Waals surface area contributed by atoms with Gasteiger partial charge in [-0.15, -0.1) is 0 Å². The van der Waals surface area contributed by atoms with Crippen LogP contribution >= 0.6 is 0 Å². The van der Waals surface area contributed by atoms with E-state index in [1.807, 2.05) is 48.5 Å². The molecule has 1 aromatic heterocycles. The molecule has 120 valence electrons. The smallest absolute Gasteiger partial charge is 0.339 e. The summed E-state index contributed by atoms with van der Waals surface area (Å²) in [6.07, 6.45) is 1.55. The number of nitrogens with zero attached hydrogens (tertiary/aromatic N) is 1. The molecular formula is C20H17NO3. The normalized spacial score (nSPS) is 10.4. The number of benzene rings is 2. The average Bonchev–Trinajstić information content (AvgIpc) is 2.65. The Kier molecular flexibility index (Phi) is 4.57. The molecule has 0 fully saturated rings. The molecule has 3 aromatic rings. The quantitative estimate of drug-likeness (QED) is 0.521. The molecule has 0 atom stereocenters. The molecule has 0 saturated carbocycles. The van der Waals surface area contributed by atoms with E-state index in [0.29, 0.717) is 11.3 Å². The van der Waals surface area contributed by atoms with Gasteiger partial charge >= 0.3 is 5.97 Å². The molecule has 0 aliphatic rings. The average molecular weight is 319 g/mol. The second-order valence-electron chi connectivity index (χ2n) is 5.19. The number of hydrogen-bond donors (Lipinski definition) is 0. The van der Waals surface area contributed by atoms with Gasteiger partial charge in [-0.05, 0) is 36.4 Å². The van der Waals surface area contributed by atoms with Crippen molar-refractivity contribution in [1.29, 1.82) is 0 Å². The number of fused-ring (bicyclic) bond motifs is 1. The van der Waals surface area contributed by atoms with Gasteiger partial charge in [-0.1, -0.05) is 30.9 Å². The zero-order valence-corrected chi connectivity index (χ0v) is 13.4. The molecule has 4 nitrogen and oxygen atoms in total. The summed E-state index contributed by atoms with van der Waals surface area (Å²) >= 11 is 0. The predicted octanol–water partition coefficient (Wildman–Crippen LogP) is 4.25. The molecule has 1 heterocycles. The van der Waals surface area contributed by atoms with Crippen LogP contribution in [0.1, 0.15) is 10.4 Å². The topological polar surface area (TPSA) is 48.4 Å². The molecule has 24 heavy (non-hydrogen) atoms. The summed E-state index contributed by atoms with van der Waals surface area (Å²) in [5.74, 6) is 0.383. The Bertz CT molecular complexity index is 885. The molecule has 0 unspecified atom stereocenters. The van der Waals surface area contributed by atoms with E-state index in [4.69, 9.17) is 9.47 Å². The Balaban J connectivity index is 2.11. The standard InChI is InChI=1S/C20H17NO3/c1-3-12-24-20(22)17-13-19(14-8-10-15(23-2)11-9-14)21-18-7-5-4-6-16(17)18/h3-11,13H,1,12H2,2H3. The maximum absolute atomic E-state index is 12.4. The van der Waals surface area contributed by atoms with Gasteiger partial charge in [0.25, 0.3) is 0 Å². The highest BCUT2D eigenvalue weighted by Gasteiger charge is 2.14. The Morgan fingerprint density at radius 2 is 1.92 bits per heavy atom. The third-order valence-electron chi connectivity index (χ3n) is 3.65. The van der Waals surface area contributed by atoms with Crippen molar-refractivity contribution in [2.24, 2.45) is 0 Å². The molecule has 3 rings (SSSR count). The lowest BCUT2D eigenvalue weighted by Crippen LogP contribution is -2.07. The number of rotatable bonds is 5. The Morgan fingerprint density at radius 3 is 2.62 bits per heavy atom. The van der Waals surface area contributed by atoms with Crippen LogP contribution in [0.25, 0.3) is 22.2 Å². The molecule has 0 bridgehead atoms. The molecule has 0 N–H and O–H groups in total. The van der Waals surface area contributed by atoms with Gasteiger partial charge in [0.2, 0.25) is 0 Å². The Morgan fingerprint density at radius 1 is 1.17 bits per heavy atom. The number of para-hydroxylation sites is 1. The predicted molar refractivity (Wildman–Crippen MR) is 94.2 cm³/mol. The second kappa shape index (κ2) is 6.96. The highest BCUT2D eigenvalue weighted by Crippen LogP contribution is 2.26. The fourth-order valence-electron chi connectivity index (χ4n) is 2.47. The summed E-state index contributed by atoms with van der Waals surface area (Å²) in [7, 11) is 1.62. The summed E-state index contributed by atoms with van der Waals surface area (Å²) < 4.78 is 10.4. The third-order valence-corrected chi connectivity index (χ3v) is 3.65. The van der Waals surface area contributed by atoms with Gasteiger partial charge in [0.1, 0.15) is 12.4 Å². The maximum atomic E-state index is 12.4. The molecule has 0 amide bonds. The number of aromatic nitrogens is 1. The second-order valence-corrected chi connectivity index (χ2v) is 5.19. The van der Waals surface area contributed by atoms with E-state index in [1.165, 1.54) is 0 Å². The van der Waals surface area contributed by atoms with Crippen molar-refractivity contribution in [3.63, 3.8) is 0 Å². The molecule has 0 saturated heterocycles. The number of hydrogen-bond acceptors (Lipinski definition) is 4. The molecule has 0 radical (unpaired) electrons. The van der Waals surface area contributed by atoms with Crippen molar-refractivity contribution in [2.45, 2.75) is 0 Å². The minimum Gasteiger partial charge on any atom is -0.497 e. The van der Waals surface area contributed by atoms with Gasteiger partial charge in [-0.2, -0.15) is 0 Å². The Labute approximate surface area is 140 Å². The minimum atomic E-state index is -0.386. The third kappa shape index (κ3) is 3.13. The van der Waals surface area contributed by atoms with E-state index in [9.17, 15) is 4.79 Å². The molecule has 0 spiro atoms. The van der Waals surface area contributed by atoms with Crippen molar-refractivity contribution in [3.8, 4) is 17.0 Å². The van der Waals surface area contributed by atoms with Crippen LogP contribution in [0.2, 0.25) is 0 Å². The lowest BCUT2D eigenvalue weighted by Gasteiger charge is -2.10. The Hall–Kier alpha value is -3.14. The van der Waals surface area contributed by atoms with Crippen LogP contribution in [0.4, 0.5) is 0 Å². The lowest BCUT2D eigenvalue weighted by atomic mass is 10.0. The first-order valence-corrected chi connectivity index (χ1v) is 7.55. The van der Waals surface area contributed by atoms with E-state index >= 15 is 0 Å². The van der Waals surface area contributed by atoms with E-state index < -0.39 is 0 Å². The van der Waals surface area contributed by atoms with Crippen molar-refractivity contribution < 1.29 is 14.3 Å². The van der Waals surface area contributed by atoms with Crippen LogP contribution in [-0.4, -0.2) is 24.7 Å². The summed E-state index contributed by atoms with van der Waals surface area (Å²) in [6.45, 7) is 3.74. The van der Waals surface area contributed by atoms with Gasteiger partial charge in [0.15, 0.2) is 0 Å². The number of methoxy groups -OCH3 is 1. The van der Waals surface area contributed by atoms with E-state index in [2.05, 4.69) is 11.6 Å². The van der Waals surface area contributed by atoms with Gasteiger partial charge < -0.3 is 9.47 Å². The molecule has 0 aliphatic heterocycles. The van der Waals surface area contributed by atoms with Gasteiger partial charge in [0.05, 0.1) is 23.9 Å². The van der Waals surface area contributed by atoms with Gasteiger partial charge in [0, 0.05) is 10.9 Å². The number of pyridine rings is 1. The van der Waals surface area contributed by atoms with Crippen LogP contribution in [0, 0.1) is 0 Å². The number of carbonyl (C=O) groups excluding carboxylic acids is 1. The summed E-state index contributed by atoms with van der Waals surface area (Å²) in [6, 6.07) is 16.8. The zero-order chi connectivity index (χ0) is 16.9. The highest BCUT2D eigenvalue weighted by atomic mass is 16.5. The molecular weight excluding hydrogens is 302 g/mol. The fourth-order valence-corrected chi connectivity index (χ4v) is 2.47. The van der Waals surface area contributed by atoms with Gasteiger partial charge in [-0.25, -0.2) is 9.78 Å². The van der Waals surface area contributed by atoms with Crippen LogP contribution in [0.15, 0.2) is 67.3 Å². The molecule has 2 aromatic carbocycles. The maximum Gasteiger partial charge on any atom is 0.339 e. The van der Waals surface area contributed by atoms with Crippen LogP contribution in [-0.2, 0) is 4.74 Å². The number of esters is 1. The van der Waals surface area contributed by atoms with Crippen LogP contribution in [0.5, 0.6) is 5.75 Å². The van der Waals surface area contributed by atoms with E-state index in [0.717, 1.165) is 22.2 Å². The summed E-state index contributed by atoms with van der Waals surface area (Å²) in [5.41, 5.74) is 2.85. The lowest BCUT2D eigenvalue weighted by molar-refractivity contribution is 0.0552. The van der Waals surface area contributed by atoms with Crippen molar-refractivity contribution in [1.82, 2.24) is 4.98 Å². The zero-order valence-electron chi connectivity index (χ0n) is 13.4. The number of carbonyl (C=O) groups is 1. The first-order valence-electron chi connectivity index (χ1n) is 7.55. The SMILES string of the molecule is C=CCOC(=O)c1cc(-c2ccc(OC)cc2)nc2ccccc12. The highest BCUT2D eigenvalue weighted by molar-refractivity contribution is 6.04. The van der Waals surface area contributed by atoms with Gasteiger partial charge in [-0.3, -0.25) is 0 Å². The number of ether oxygens (including phenoxy) is 2. The monoisotopic (exact) mass is 319 g/mol. The van der Waals surface area contributed by atoms with E-state index in [-0.39, 0.29) is 12.6 Å². The molecule has 4 heteroatoms. The largest absolute Gasteiger partial charge is 0.497 e. The minimum absolute atomic E-state index is 0.174. The fraction of sp³-hybridized carbons (Fsp3) is 0.100. The first-order chi connectivity index (χ1) is 11.7. The van der Waals surface area contributed by atoms with Crippen LogP contribution < -0.4 is 4.74 Å². The van der Waals surface area contributed by atoms with E-state index in [1.54, 1.807) is 19.3 Å².